The number of aromatic nitrogens is 3. The van der Waals surface area contributed by atoms with Gasteiger partial charge in [-0.3, -0.25) is 4.79 Å². The molecule has 6 nitrogen and oxygen atoms in total. The topological polar surface area (TPSA) is 74.8 Å². The van der Waals surface area contributed by atoms with Crippen molar-refractivity contribution < 1.29 is 4.79 Å². The Kier molecular flexibility index (Phi) is 4.16. The number of fused-ring (bicyclic) bond motifs is 1. The van der Waals surface area contributed by atoms with Gasteiger partial charge >= 0.3 is 0 Å². The maximum absolute atomic E-state index is 12.5. The van der Waals surface area contributed by atoms with Crippen LogP contribution in [0.3, 0.4) is 0 Å². The van der Waals surface area contributed by atoms with E-state index < -0.39 is 0 Å². The van der Waals surface area contributed by atoms with Gasteiger partial charge in [-0.25, -0.2) is 9.67 Å². The standard InChI is InChI=1S/C21H15N5O/c1-2-15-3-5-16(6-4-15)17-7-8-18-11-25(12-19(18)9-17)21(27)13-26-14-23-20(10-22)24-26/h1,3-9,14H,11-13H2. The Bertz CT molecular complexity index is 1100. The van der Waals surface area contributed by atoms with Crippen molar-refractivity contribution >= 4 is 5.91 Å². The normalized spacial score (nSPS) is 12.3. The molecule has 2 aromatic carbocycles. The van der Waals surface area contributed by atoms with Crippen LogP contribution < -0.4 is 0 Å². The molecule has 0 fully saturated rings. The fourth-order valence-electron chi connectivity index (χ4n) is 3.17. The molecule has 130 valence electrons. The molecule has 27 heavy (non-hydrogen) atoms. The third-order valence-corrected chi connectivity index (χ3v) is 4.60. The van der Waals surface area contributed by atoms with Crippen LogP contribution in [0.25, 0.3) is 11.1 Å². The molecule has 0 bridgehead atoms. The van der Waals surface area contributed by atoms with Crippen molar-refractivity contribution in [2.24, 2.45) is 0 Å². The number of nitrogens with zero attached hydrogens (tertiary/aromatic N) is 5. The first kappa shape index (κ1) is 16.6. The predicted molar refractivity (Wildman–Crippen MR) is 98.8 cm³/mol. The number of hydrogen-bond donors (Lipinski definition) is 0. The van der Waals surface area contributed by atoms with Crippen molar-refractivity contribution in [1.29, 1.82) is 5.26 Å². The van der Waals surface area contributed by atoms with E-state index in [1.165, 1.54) is 11.0 Å². The van der Waals surface area contributed by atoms with Crippen LogP contribution in [-0.2, 0) is 24.4 Å². The molecule has 0 spiro atoms. The largest absolute Gasteiger partial charge is 0.332 e. The Morgan fingerprint density at radius 1 is 1.11 bits per heavy atom. The molecule has 1 aliphatic rings. The number of nitriles is 1. The summed E-state index contributed by atoms with van der Waals surface area (Å²) in [5, 5.41) is 12.7. The van der Waals surface area contributed by atoms with Crippen molar-refractivity contribution in [3.63, 3.8) is 0 Å². The van der Waals surface area contributed by atoms with E-state index in [-0.39, 0.29) is 18.3 Å². The lowest BCUT2D eigenvalue weighted by atomic mass is 10.00. The maximum atomic E-state index is 12.5. The summed E-state index contributed by atoms with van der Waals surface area (Å²) < 4.78 is 1.39. The number of carbonyl (C=O) groups is 1. The zero-order chi connectivity index (χ0) is 18.8. The molecule has 0 atom stereocenters. The van der Waals surface area contributed by atoms with Gasteiger partial charge < -0.3 is 4.90 Å². The minimum Gasteiger partial charge on any atom is -0.332 e. The van der Waals surface area contributed by atoms with Gasteiger partial charge in [0.1, 0.15) is 18.9 Å². The molecule has 3 aromatic rings. The van der Waals surface area contributed by atoms with E-state index in [4.69, 9.17) is 11.7 Å². The molecule has 0 radical (unpaired) electrons. The number of carbonyl (C=O) groups excluding carboxylic acids is 1. The number of hydrogen-bond acceptors (Lipinski definition) is 4. The van der Waals surface area contributed by atoms with E-state index in [9.17, 15) is 4.79 Å². The molecule has 1 aliphatic heterocycles. The van der Waals surface area contributed by atoms with Gasteiger partial charge in [-0.1, -0.05) is 30.2 Å². The summed E-state index contributed by atoms with van der Waals surface area (Å²) in [7, 11) is 0. The molecule has 0 unspecified atom stereocenters. The molecule has 0 aliphatic carbocycles. The first-order chi connectivity index (χ1) is 13.2. The highest BCUT2D eigenvalue weighted by molar-refractivity contribution is 5.77. The highest BCUT2D eigenvalue weighted by Crippen LogP contribution is 2.28. The summed E-state index contributed by atoms with van der Waals surface area (Å²) in [6.45, 7) is 1.21. The Labute approximate surface area is 156 Å². The van der Waals surface area contributed by atoms with Crippen molar-refractivity contribution in [2.45, 2.75) is 19.6 Å². The van der Waals surface area contributed by atoms with Gasteiger partial charge in [-0.15, -0.1) is 11.5 Å². The monoisotopic (exact) mass is 353 g/mol. The van der Waals surface area contributed by atoms with Crippen molar-refractivity contribution in [2.75, 3.05) is 0 Å². The highest BCUT2D eigenvalue weighted by atomic mass is 16.2. The van der Waals surface area contributed by atoms with E-state index in [1.807, 2.05) is 30.3 Å². The van der Waals surface area contributed by atoms with E-state index in [2.05, 4.69) is 34.2 Å². The minimum atomic E-state index is -0.0551. The summed E-state index contributed by atoms with van der Waals surface area (Å²) in [6.07, 6.45) is 6.81. The highest BCUT2D eigenvalue weighted by Gasteiger charge is 2.24. The molecule has 0 saturated carbocycles. The number of benzene rings is 2. The second-order valence-corrected chi connectivity index (χ2v) is 6.33. The number of rotatable bonds is 3. The molecule has 6 heteroatoms. The van der Waals surface area contributed by atoms with Gasteiger partial charge in [0.05, 0.1) is 0 Å². The van der Waals surface area contributed by atoms with Gasteiger partial charge in [-0.2, -0.15) is 5.26 Å². The lowest BCUT2D eigenvalue weighted by Gasteiger charge is -2.14. The molecule has 0 saturated heterocycles. The van der Waals surface area contributed by atoms with Crippen LogP contribution >= 0.6 is 0 Å². The first-order valence-electron chi connectivity index (χ1n) is 8.42. The van der Waals surface area contributed by atoms with Crippen molar-refractivity contribution in [1.82, 2.24) is 19.7 Å². The van der Waals surface area contributed by atoms with Gasteiger partial charge in [-0.05, 0) is 40.5 Å². The maximum Gasteiger partial charge on any atom is 0.252 e. The summed E-state index contributed by atoms with van der Waals surface area (Å²) in [4.78, 5) is 18.1. The fraction of sp³-hybridized carbons (Fsp3) is 0.143. The average molecular weight is 353 g/mol. The van der Waals surface area contributed by atoms with Crippen LogP contribution in [0.4, 0.5) is 0 Å². The molecule has 1 aromatic heterocycles. The van der Waals surface area contributed by atoms with Crippen molar-refractivity contribution in [3.8, 4) is 29.5 Å². The van der Waals surface area contributed by atoms with E-state index in [0.717, 1.165) is 27.8 Å². The van der Waals surface area contributed by atoms with Crippen LogP contribution in [0.15, 0.2) is 48.8 Å². The summed E-state index contributed by atoms with van der Waals surface area (Å²) in [5.41, 5.74) is 5.32. The molecular weight excluding hydrogens is 338 g/mol. The fourth-order valence-corrected chi connectivity index (χ4v) is 3.17. The lowest BCUT2D eigenvalue weighted by molar-refractivity contribution is -0.132. The third-order valence-electron chi connectivity index (χ3n) is 4.60. The summed E-state index contributed by atoms with van der Waals surface area (Å²) >= 11 is 0. The van der Waals surface area contributed by atoms with Crippen LogP contribution in [0.1, 0.15) is 22.5 Å². The first-order valence-corrected chi connectivity index (χ1v) is 8.42. The molecular formula is C21H15N5O. The lowest BCUT2D eigenvalue weighted by Crippen LogP contribution is -2.29. The number of amides is 1. The minimum absolute atomic E-state index is 0.0551. The van der Waals surface area contributed by atoms with Gasteiger partial charge in [0.15, 0.2) is 0 Å². The Balaban J connectivity index is 1.49. The van der Waals surface area contributed by atoms with Crippen LogP contribution in [0, 0.1) is 23.7 Å². The molecule has 1 amide bonds. The zero-order valence-corrected chi connectivity index (χ0v) is 14.5. The Morgan fingerprint density at radius 2 is 1.85 bits per heavy atom. The van der Waals surface area contributed by atoms with E-state index >= 15 is 0 Å². The van der Waals surface area contributed by atoms with Gasteiger partial charge in [0.2, 0.25) is 5.91 Å². The van der Waals surface area contributed by atoms with Crippen LogP contribution in [0.5, 0.6) is 0 Å². The smallest absolute Gasteiger partial charge is 0.252 e. The zero-order valence-electron chi connectivity index (χ0n) is 14.5. The third kappa shape index (κ3) is 3.29. The summed E-state index contributed by atoms with van der Waals surface area (Å²) in [6, 6.07) is 16.0. The number of terminal acetylenes is 1. The van der Waals surface area contributed by atoms with Gasteiger partial charge in [0, 0.05) is 18.7 Å². The van der Waals surface area contributed by atoms with Gasteiger partial charge in [0.25, 0.3) is 5.82 Å². The van der Waals surface area contributed by atoms with E-state index in [0.29, 0.717) is 13.1 Å². The molecule has 0 N–H and O–H groups in total. The molecule has 2 heterocycles. The SMILES string of the molecule is C#Cc1ccc(-c2ccc3c(c2)CN(C(=O)Cn2cnc(C#N)n2)C3)cc1. The Morgan fingerprint density at radius 3 is 2.56 bits per heavy atom. The Hall–Kier alpha value is -3.90. The van der Waals surface area contributed by atoms with E-state index in [1.54, 1.807) is 4.90 Å². The predicted octanol–water partition coefficient (Wildman–Crippen LogP) is 2.34. The second-order valence-electron chi connectivity index (χ2n) is 6.33. The van der Waals surface area contributed by atoms with Crippen LogP contribution in [0.2, 0.25) is 0 Å². The van der Waals surface area contributed by atoms with Crippen LogP contribution in [-0.4, -0.2) is 25.6 Å². The average Bonchev–Trinajstić information content (AvgIpc) is 3.34. The van der Waals surface area contributed by atoms with Crippen molar-refractivity contribution in [3.05, 3.63) is 71.3 Å². The molecule has 4 rings (SSSR count). The second kappa shape index (κ2) is 6.78. The summed E-state index contributed by atoms with van der Waals surface area (Å²) in [5.74, 6) is 2.63. The quantitative estimate of drug-likeness (QED) is 0.678.